The van der Waals surface area contributed by atoms with Crippen molar-refractivity contribution >= 4 is 28.8 Å². The number of thiophene rings is 1. The fraction of sp³-hybridized carbons (Fsp3) is 0.188. The van der Waals surface area contributed by atoms with Crippen molar-refractivity contribution in [2.75, 3.05) is 6.54 Å². The summed E-state index contributed by atoms with van der Waals surface area (Å²) in [5.41, 5.74) is 0.327. The van der Waals surface area contributed by atoms with Crippen LogP contribution in [0.15, 0.2) is 60.0 Å². The van der Waals surface area contributed by atoms with Gasteiger partial charge in [-0.2, -0.15) is 0 Å². The lowest BCUT2D eigenvalue weighted by Gasteiger charge is -2.20. The molecule has 1 aromatic heterocycles. The summed E-state index contributed by atoms with van der Waals surface area (Å²) in [6.07, 6.45) is 3.91. The van der Waals surface area contributed by atoms with Crippen molar-refractivity contribution in [1.29, 1.82) is 0 Å². The lowest BCUT2D eigenvalue weighted by Crippen LogP contribution is -3.14. The molecule has 0 saturated heterocycles. The second kappa shape index (κ2) is 7.39. The molecule has 0 saturated carbocycles. The van der Waals surface area contributed by atoms with E-state index in [-0.39, 0.29) is 11.4 Å². The zero-order chi connectivity index (χ0) is 14.4. The minimum Gasteiger partial charge on any atom is -0.245 e. The Hall–Kier alpha value is -1.42. The highest BCUT2D eigenvalue weighted by Crippen LogP contribution is 2.20. The van der Waals surface area contributed by atoms with Crippen LogP contribution in [0.3, 0.4) is 0 Å². The third-order valence-corrected chi connectivity index (χ3v) is 4.57. The van der Waals surface area contributed by atoms with E-state index in [4.69, 9.17) is 11.6 Å². The number of halogens is 1. The van der Waals surface area contributed by atoms with Crippen LogP contribution in [-0.2, 0) is 0 Å². The molecule has 0 aliphatic carbocycles. The maximum atomic E-state index is 12.6. The van der Waals surface area contributed by atoms with Crippen molar-refractivity contribution in [2.45, 2.75) is 12.4 Å². The van der Waals surface area contributed by atoms with E-state index >= 15 is 0 Å². The monoisotopic (exact) mass is 306 g/mol. The molecule has 0 radical (unpaired) electrons. The van der Waals surface area contributed by atoms with Gasteiger partial charge in [0.25, 0.3) is 0 Å². The van der Waals surface area contributed by atoms with E-state index in [1.54, 1.807) is 11.3 Å². The Balaban J connectivity index is 2.25. The first-order valence-electron chi connectivity index (χ1n) is 6.48. The van der Waals surface area contributed by atoms with Crippen LogP contribution >= 0.6 is 22.9 Å². The van der Waals surface area contributed by atoms with E-state index in [0.717, 1.165) is 9.78 Å². The summed E-state index contributed by atoms with van der Waals surface area (Å²) < 4.78 is 0. The number of hydrogen-bond acceptors (Lipinski definition) is 2. The molecule has 0 spiro atoms. The van der Waals surface area contributed by atoms with E-state index < -0.39 is 0 Å². The van der Waals surface area contributed by atoms with Gasteiger partial charge in [-0.3, -0.25) is 0 Å². The molecule has 2 unspecified atom stereocenters. The lowest BCUT2D eigenvalue weighted by molar-refractivity contribution is -0.826. The molecule has 0 bridgehead atoms. The number of hydrogen-bond donors (Lipinski definition) is 1. The number of carbonyl (C=O) groups excluding carboxylic acids is 1. The van der Waals surface area contributed by atoms with Crippen LogP contribution in [-0.4, -0.2) is 12.5 Å². The fourth-order valence-electron chi connectivity index (χ4n) is 1.94. The summed E-state index contributed by atoms with van der Waals surface area (Å²) in [4.78, 5) is 14.4. The molecule has 0 fully saturated rings. The van der Waals surface area contributed by atoms with Gasteiger partial charge in [-0.25, -0.2) is 9.69 Å². The van der Waals surface area contributed by atoms with Crippen LogP contribution in [0, 0.1) is 0 Å². The van der Waals surface area contributed by atoms with Gasteiger partial charge in [0.1, 0.15) is 6.54 Å². The first-order chi connectivity index (χ1) is 9.74. The SMILES string of the molecule is C/C=C/C[NH+](C(=O)c1ccccc1)C(Cl)c1cccs1. The molecule has 0 aliphatic rings. The Bertz CT molecular complexity index is 565. The smallest absolute Gasteiger partial charge is 0.245 e. The van der Waals surface area contributed by atoms with Crippen molar-refractivity contribution in [3.63, 3.8) is 0 Å². The summed E-state index contributed by atoms with van der Waals surface area (Å²) in [6, 6.07) is 13.2. The summed E-state index contributed by atoms with van der Waals surface area (Å²) in [5.74, 6) is 0.0251. The van der Waals surface area contributed by atoms with E-state index in [2.05, 4.69) is 0 Å². The topological polar surface area (TPSA) is 21.5 Å². The average Bonchev–Trinajstić information content (AvgIpc) is 3.02. The molecule has 1 N–H and O–H groups in total. The lowest BCUT2D eigenvalue weighted by atomic mass is 10.2. The summed E-state index contributed by atoms with van der Waals surface area (Å²) in [7, 11) is 0. The molecule has 2 rings (SSSR count). The van der Waals surface area contributed by atoms with Crippen molar-refractivity contribution in [2.24, 2.45) is 0 Å². The van der Waals surface area contributed by atoms with Gasteiger partial charge in [0.15, 0.2) is 0 Å². The van der Waals surface area contributed by atoms with E-state index in [9.17, 15) is 4.79 Å². The van der Waals surface area contributed by atoms with E-state index in [1.807, 2.05) is 66.9 Å². The standard InChI is InChI=1S/C16H16ClNOS/c1-2-3-11-18(15(17)14-10-7-12-20-14)16(19)13-8-5-4-6-9-13/h2-10,12,15H,11H2,1H3/p+1/b3-2+. The van der Waals surface area contributed by atoms with Crippen molar-refractivity contribution in [3.05, 3.63) is 70.4 Å². The summed E-state index contributed by atoms with van der Waals surface area (Å²) >= 11 is 8.09. The normalized spacial score (nSPS) is 14.3. The Morgan fingerprint density at radius 1 is 1.30 bits per heavy atom. The van der Waals surface area contributed by atoms with Crippen molar-refractivity contribution < 1.29 is 9.69 Å². The molecule has 1 amide bonds. The van der Waals surface area contributed by atoms with Crippen LogP contribution in [0.1, 0.15) is 27.7 Å². The maximum absolute atomic E-state index is 12.6. The summed E-state index contributed by atoms with van der Waals surface area (Å²) in [6.45, 7) is 2.52. The molecule has 104 valence electrons. The van der Waals surface area contributed by atoms with E-state index in [0.29, 0.717) is 12.1 Å². The molecule has 1 heterocycles. The number of quaternary nitrogens is 1. The summed E-state index contributed by atoms with van der Waals surface area (Å²) in [5, 5.41) is 1.98. The highest BCUT2D eigenvalue weighted by atomic mass is 35.5. The second-order valence-corrected chi connectivity index (χ2v) is 5.79. The third kappa shape index (κ3) is 3.57. The van der Waals surface area contributed by atoms with Crippen LogP contribution < -0.4 is 4.90 Å². The zero-order valence-corrected chi connectivity index (χ0v) is 12.8. The molecule has 2 aromatic rings. The Labute approximate surface area is 128 Å². The number of rotatable bonds is 5. The molecular formula is C16H17ClNOS+. The van der Waals surface area contributed by atoms with Crippen LogP contribution in [0.4, 0.5) is 0 Å². The largest absolute Gasteiger partial charge is 0.346 e. The Morgan fingerprint density at radius 3 is 2.65 bits per heavy atom. The number of allylic oxidation sites excluding steroid dienone is 1. The van der Waals surface area contributed by atoms with Crippen molar-refractivity contribution in [1.82, 2.24) is 0 Å². The zero-order valence-electron chi connectivity index (χ0n) is 11.3. The van der Waals surface area contributed by atoms with E-state index in [1.165, 1.54) is 0 Å². The van der Waals surface area contributed by atoms with Gasteiger partial charge >= 0.3 is 5.91 Å². The van der Waals surface area contributed by atoms with Gasteiger partial charge < -0.3 is 0 Å². The molecule has 4 heteroatoms. The molecular weight excluding hydrogens is 290 g/mol. The van der Waals surface area contributed by atoms with Gasteiger partial charge in [-0.1, -0.05) is 41.9 Å². The first-order valence-corrected chi connectivity index (χ1v) is 7.79. The quantitative estimate of drug-likeness (QED) is 0.511. The number of alkyl halides is 1. The minimum atomic E-state index is -0.362. The molecule has 1 aromatic carbocycles. The predicted molar refractivity (Wildman–Crippen MR) is 84.3 cm³/mol. The number of amides is 1. The number of benzene rings is 1. The molecule has 2 nitrogen and oxygen atoms in total. The first kappa shape index (κ1) is 15.0. The highest BCUT2D eigenvalue weighted by molar-refractivity contribution is 7.10. The highest BCUT2D eigenvalue weighted by Gasteiger charge is 2.29. The Morgan fingerprint density at radius 2 is 2.05 bits per heavy atom. The molecule has 2 atom stereocenters. The van der Waals surface area contributed by atoms with Crippen LogP contribution in [0.25, 0.3) is 0 Å². The van der Waals surface area contributed by atoms with Crippen LogP contribution in [0.2, 0.25) is 0 Å². The predicted octanol–water partition coefficient (Wildman–Crippen LogP) is 3.29. The van der Waals surface area contributed by atoms with Gasteiger partial charge in [0.2, 0.25) is 5.50 Å². The van der Waals surface area contributed by atoms with Crippen molar-refractivity contribution in [3.8, 4) is 0 Å². The third-order valence-electron chi connectivity index (χ3n) is 3.00. The van der Waals surface area contributed by atoms with Crippen LogP contribution in [0.5, 0.6) is 0 Å². The average molecular weight is 307 g/mol. The molecule has 20 heavy (non-hydrogen) atoms. The van der Waals surface area contributed by atoms with Gasteiger partial charge in [-0.05, 0) is 36.6 Å². The van der Waals surface area contributed by atoms with Gasteiger partial charge in [0, 0.05) is 0 Å². The second-order valence-electron chi connectivity index (χ2n) is 4.37. The molecule has 0 aliphatic heterocycles. The number of nitrogens with one attached hydrogen (secondary N) is 1. The number of carbonyl (C=O) groups is 1. The Kier molecular flexibility index (Phi) is 5.53. The maximum Gasteiger partial charge on any atom is 0.346 e. The minimum absolute atomic E-state index is 0.0251. The van der Waals surface area contributed by atoms with Gasteiger partial charge in [0.05, 0.1) is 10.4 Å². The van der Waals surface area contributed by atoms with Gasteiger partial charge in [-0.15, -0.1) is 11.3 Å². The fourth-order valence-corrected chi connectivity index (χ4v) is 3.09.